The number of hydrogen-bond acceptors (Lipinski definition) is 4. The quantitative estimate of drug-likeness (QED) is 0.722. The number of thiazole rings is 1. The third-order valence-electron chi connectivity index (χ3n) is 3.40. The molecule has 0 aliphatic carbocycles. The van der Waals surface area contributed by atoms with E-state index in [0.29, 0.717) is 21.5 Å². The van der Waals surface area contributed by atoms with Crippen molar-refractivity contribution in [2.75, 3.05) is 12.4 Å². The number of anilines is 1. The fraction of sp³-hybridized carbons (Fsp3) is 0.111. The molecule has 1 heterocycles. The van der Waals surface area contributed by atoms with Crippen molar-refractivity contribution in [3.63, 3.8) is 0 Å². The van der Waals surface area contributed by atoms with E-state index in [9.17, 15) is 4.79 Å². The van der Waals surface area contributed by atoms with Gasteiger partial charge in [-0.05, 0) is 23.8 Å². The van der Waals surface area contributed by atoms with E-state index in [0.717, 1.165) is 11.3 Å². The van der Waals surface area contributed by atoms with Crippen LogP contribution in [0, 0.1) is 0 Å². The highest BCUT2D eigenvalue weighted by Gasteiger charge is 2.15. The normalized spacial score (nSPS) is 10.4. The van der Waals surface area contributed by atoms with Crippen molar-refractivity contribution in [2.45, 2.75) is 6.42 Å². The Morgan fingerprint density at radius 1 is 1.25 bits per heavy atom. The molecule has 122 valence electrons. The molecule has 0 aliphatic rings. The van der Waals surface area contributed by atoms with Gasteiger partial charge in [-0.15, -0.1) is 11.3 Å². The number of nitrogens with zero attached hydrogens (tertiary/aromatic N) is 1. The third kappa shape index (κ3) is 3.93. The number of carbonyl (C=O) groups excluding carboxylic acids is 1. The van der Waals surface area contributed by atoms with Crippen LogP contribution < -0.4 is 10.1 Å². The summed E-state index contributed by atoms with van der Waals surface area (Å²) in [7, 11) is 1.52. The highest BCUT2D eigenvalue weighted by atomic mass is 35.5. The van der Waals surface area contributed by atoms with E-state index in [2.05, 4.69) is 22.4 Å². The van der Waals surface area contributed by atoms with Crippen molar-refractivity contribution in [1.82, 2.24) is 4.98 Å². The first-order valence-corrected chi connectivity index (χ1v) is 8.48. The first-order chi connectivity index (χ1) is 11.7. The average Bonchev–Trinajstić information content (AvgIpc) is 3.02. The van der Waals surface area contributed by atoms with Crippen LogP contribution in [0.2, 0.25) is 5.02 Å². The maximum atomic E-state index is 12.4. The number of hydrogen-bond donors (Lipinski definition) is 1. The molecule has 3 rings (SSSR count). The molecule has 0 radical (unpaired) electrons. The molecule has 0 saturated carbocycles. The molecule has 0 fully saturated rings. The van der Waals surface area contributed by atoms with Crippen molar-refractivity contribution >= 4 is 34.0 Å². The van der Waals surface area contributed by atoms with Gasteiger partial charge in [0.15, 0.2) is 5.13 Å². The van der Waals surface area contributed by atoms with E-state index >= 15 is 0 Å². The van der Waals surface area contributed by atoms with E-state index in [-0.39, 0.29) is 5.91 Å². The summed E-state index contributed by atoms with van der Waals surface area (Å²) in [5, 5.41) is 3.82. The highest BCUT2D eigenvalue weighted by Crippen LogP contribution is 2.26. The summed E-state index contributed by atoms with van der Waals surface area (Å²) < 4.78 is 5.21. The predicted octanol–water partition coefficient (Wildman–Crippen LogP) is 4.65. The van der Waals surface area contributed by atoms with Gasteiger partial charge in [0.1, 0.15) is 5.75 Å². The standard InChI is InChI=1S/C18H15ClN2O2S/c1-23-16-8-7-13(19)10-15(16)17(22)21-18-20-11-14(24-18)9-12-5-3-2-4-6-12/h2-8,10-11H,9H2,1H3,(H,20,21,22). The van der Waals surface area contributed by atoms with E-state index in [4.69, 9.17) is 16.3 Å². The van der Waals surface area contributed by atoms with Crippen molar-refractivity contribution in [3.05, 3.63) is 75.8 Å². The Hall–Kier alpha value is -2.37. The fourth-order valence-corrected chi connectivity index (χ4v) is 3.28. The van der Waals surface area contributed by atoms with Crippen LogP contribution in [0.1, 0.15) is 20.8 Å². The number of ether oxygens (including phenoxy) is 1. The van der Waals surface area contributed by atoms with Crippen LogP contribution in [0.4, 0.5) is 5.13 Å². The van der Waals surface area contributed by atoms with Crippen molar-refractivity contribution < 1.29 is 9.53 Å². The van der Waals surface area contributed by atoms with Gasteiger partial charge in [-0.1, -0.05) is 41.9 Å². The van der Waals surface area contributed by atoms with Crippen molar-refractivity contribution in [1.29, 1.82) is 0 Å². The zero-order chi connectivity index (χ0) is 16.9. The minimum Gasteiger partial charge on any atom is -0.496 e. The van der Waals surface area contributed by atoms with E-state index in [1.165, 1.54) is 24.0 Å². The van der Waals surface area contributed by atoms with Gasteiger partial charge in [-0.3, -0.25) is 10.1 Å². The summed E-state index contributed by atoms with van der Waals surface area (Å²) in [5.41, 5.74) is 1.58. The maximum Gasteiger partial charge on any atom is 0.261 e. The molecule has 3 aromatic rings. The lowest BCUT2D eigenvalue weighted by Gasteiger charge is -2.08. The molecule has 1 amide bonds. The Bertz CT molecular complexity index is 849. The van der Waals surface area contributed by atoms with Gasteiger partial charge in [0.05, 0.1) is 12.7 Å². The zero-order valence-electron chi connectivity index (χ0n) is 13.0. The van der Waals surface area contributed by atoms with Gasteiger partial charge < -0.3 is 4.74 Å². The number of rotatable bonds is 5. The molecule has 1 aromatic heterocycles. The molecule has 0 unspecified atom stereocenters. The minimum atomic E-state index is -0.296. The van der Waals surface area contributed by atoms with Crippen LogP contribution in [0.25, 0.3) is 0 Å². The van der Waals surface area contributed by atoms with Crippen LogP contribution in [0.3, 0.4) is 0 Å². The Balaban J connectivity index is 1.73. The number of aromatic nitrogens is 1. The number of amides is 1. The smallest absolute Gasteiger partial charge is 0.261 e. The Morgan fingerprint density at radius 3 is 2.79 bits per heavy atom. The molecular formula is C18H15ClN2O2S. The molecule has 0 spiro atoms. The Labute approximate surface area is 149 Å². The number of benzene rings is 2. The summed E-state index contributed by atoms with van der Waals surface area (Å²) in [6.45, 7) is 0. The van der Waals surface area contributed by atoms with Gasteiger partial charge in [0.25, 0.3) is 5.91 Å². The highest BCUT2D eigenvalue weighted by molar-refractivity contribution is 7.15. The number of carbonyl (C=O) groups is 1. The minimum absolute atomic E-state index is 0.296. The number of halogens is 1. The zero-order valence-corrected chi connectivity index (χ0v) is 14.5. The van der Waals surface area contributed by atoms with Crippen LogP contribution in [-0.4, -0.2) is 18.0 Å². The topological polar surface area (TPSA) is 51.2 Å². The van der Waals surface area contributed by atoms with Crippen molar-refractivity contribution in [2.24, 2.45) is 0 Å². The predicted molar refractivity (Wildman–Crippen MR) is 97.3 cm³/mol. The van der Waals surface area contributed by atoms with Crippen molar-refractivity contribution in [3.8, 4) is 5.75 Å². The van der Waals surface area contributed by atoms with Gasteiger partial charge >= 0.3 is 0 Å². The van der Waals surface area contributed by atoms with E-state index in [1.807, 2.05) is 18.2 Å². The van der Waals surface area contributed by atoms with Gasteiger partial charge in [0, 0.05) is 22.5 Å². The Kier molecular flexibility index (Phi) is 5.13. The molecular weight excluding hydrogens is 344 g/mol. The summed E-state index contributed by atoms with van der Waals surface area (Å²) >= 11 is 7.42. The molecule has 0 saturated heterocycles. The lowest BCUT2D eigenvalue weighted by atomic mass is 10.1. The molecule has 0 aliphatic heterocycles. The van der Waals surface area contributed by atoms with Crippen LogP contribution in [0.5, 0.6) is 5.75 Å². The molecule has 24 heavy (non-hydrogen) atoms. The first-order valence-electron chi connectivity index (χ1n) is 7.29. The first kappa shape index (κ1) is 16.5. The van der Waals surface area contributed by atoms with Gasteiger partial charge in [0.2, 0.25) is 0 Å². The molecule has 1 N–H and O–H groups in total. The SMILES string of the molecule is COc1ccc(Cl)cc1C(=O)Nc1ncc(Cc2ccccc2)s1. The lowest BCUT2D eigenvalue weighted by Crippen LogP contribution is -2.12. The van der Waals surface area contributed by atoms with Gasteiger partial charge in [-0.2, -0.15) is 0 Å². The number of nitrogens with one attached hydrogen (secondary N) is 1. The number of methoxy groups -OCH3 is 1. The molecule has 4 nitrogen and oxygen atoms in total. The fourth-order valence-electron chi connectivity index (χ4n) is 2.27. The Morgan fingerprint density at radius 2 is 2.04 bits per heavy atom. The molecule has 2 aromatic carbocycles. The van der Waals surface area contributed by atoms with E-state index in [1.54, 1.807) is 24.4 Å². The van der Waals surface area contributed by atoms with Crippen LogP contribution in [0.15, 0.2) is 54.7 Å². The summed E-state index contributed by atoms with van der Waals surface area (Å²) in [5.74, 6) is 0.174. The summed E-state index contributed by atoms with van der Waals surface area (Å²) in [6, 6.07) is 15.0. The van der Waals surface area contributed by atoms with Crippen LogP contribution in [-0.2, 0) is 6.42 Å². The monoisotopic (exact) mass is 358 g/mol. The summed E-state index contributed by atoms with van der Waals surface area (Å²) in [6.07, 6.45) is 2.57. The largest absolute Gasteiger partial charge is 0.496 e. The summed E-state index contributed by atoms with van der Waals surface area (Å²) in [4.78, 5) is 17.8. The second-order valence-electron chi connectivity index (χ2n) is 5.09. The van der Waals surface area contributed by atoms with E-state index < -0.39 is 0 Å². The van der Waals surface area contributed by atoms with Crippen LogP contribution >= 0.6 is 22.9 Å². The second kappa shape index (κ2) is 7.47. The maximum absolute atomic E-state index is 12.4. The molecule has 6 heteroatoms. The molecule has 0 atom stereocenters. The van der Waals surface area contributed by atoms with Gasteiger partial charge in [-0.25, -0.2) is 4.98 Å². The third-order valence-corrected chi connectivity index (χ3v) is 4.55. The molecule has 0 bridgehead atoms. The average molecular weight is 359 g/mol. The lowest BCUT2D eigenvalue weighted by molar-refractivity contribution is 0.102. The second-order valence-corrected chi connectivity index (χ2v) is 6.64.